The highest BCUT2D eigenvalue weighted by Gasteiger charge is 2.08. The van der Waals surface area contributed by atoms with E-state index < -0.39 is 5.91 Å². The number of carbonyl (C=O) groups is 1. The van der Waals surface area contributed by atoms with Crippen molar-refractivity contribution in [2.75, 3.05) is 0 Å². The second-order valence-corrected chi connectivity index (χ2v) is 5.65. The molecule has 5 nitrogen and oxygen atoms in total. The highest BCUT2D eigenvalue weighted by Crippen LogP contribution is 2.32. The molecular weight excluding hydrogens is 392 g/mol. The lowest BCUT2D eigenvalue weighted by Gasteiger charge is -2.02. The van der Waals surface area contributed by atoms with Crippen molar-refractivity contribution in [3.05, 3.63) is 50.3 Å². The van der Waals surface area contributed by atoms with E-state index in [2.05, 4.69) is 42.4 Å². The van der Waals surface area contributed by atoms with Crippen LogP contribution in [0.4, 0.5) is 0 Å². The molecule has 1 aromatic heterocycles. The first-order valence-corrected chi connectivity index (χ1v) is 7.14. The molecule has 0 aliphatic rings. The molecule has 0 bridgehead atoms. The Morgan fingerprint density at radius 2 is 2.00 bits per heavy atom. The molecule has 0 unspecified atom stereocenters. The van der Waals surface area contributed by atoms with Gasteiger partial charge >= 0.3 is 5.91 Å². The molecule has 2 N–H and O–H groups in total. The summed E-state index contributed by atoms with van der Waals surface area (Å²) in [6, 6.07) is 6.63. The van der Waals surface area contributed by atoms with Gasteiger partial charge in [0.05, 0.1) is 15.2 Å². The molecule has 104 valence electrons. The van der Waals surface area contributed by atoms with Gasteiger partial charge in [0.25, 0.3) is 0 Å². The van der Waals surface area contributed by atoms with Crippen molar-refractivity contribution in [2.45, 2.75) is 6.92 Å². The third-order valence-electron chi connectivity index (χ3n) is 2.38. The van der Waals surface area contributed by atoms with Gasteiger partial charge < -0.3 is 9.52 Å². The summed E-state index contributed by atoms with van der Waals surface area (Å²) in [6.07, 6.45) is 1.46. The van der Waals surface area contributed by atoms with Crippen molar-refractivity contribution < 1.29 is 14.3 Å². The van der Waals surface area contributed by atoms with Gasteiger partial charge in [-0.15, -0.1) is 0 Å². The summed E-state index contributed by atoms with van der Waals surface area (Å²) in [5.74, 6) is 0.543. The number of rotatable bonds is 3. The molecule has 0 saturated heterocycles. The Hall–Kier alpha value is -1.60. The second-order valence-electron chi connectivity index (χ2n) is 3.94. The molecule has 0 spiro atoms. The number of hydrogen-bond donors (Lipinski definition) is 2. The highest BCUT2D eigenvalue weighted by atomic mass is 79.9. The van der Waals surface area contributed by atoms with E-state index in [0.29, 0.717) is 20.3 Å². The molecule has 0 fully saturated rings. The molecule has 1 aromatic carbocycles. The summed E-state index contributed by atoms with van der Waals surface area (Å²) < 4.78 is 6.23. The van der Waals surface area contributed by atoms with Gasteiger partial charge in [-0.25, -0.2) is 5.43 Å². The number of phenolic OH excluding ortho intramolecular Hbond substituents is 1. The number of aryl methyl sites for hydroxylation is 1. The Kier molecular flexibility index (Phi) is 4.61. The molecule has 0 atom stereocenters. The molecule has 0 radical (unpaired) electrons. The topological polar surface area (TPSA) is 74.8 Å². The van der Waals surface area contributed by atoms with Crippen LogP contribution in [0.15, 0.2) is 42.7 Å². The number of amides is 1. The van der Waals surface area contributed by atoms with E-state index in [-0.39, 0.29) is 11.5 Å². The molecular formula is C13H10Br2N2O3. The monoisotopic (exact) mass is 400 g/mol. The number of nitrogens with one attached hydrogen (secondary N) is 1. The normalized spacial score (nSPS) is 10.9. The number of aromatic hydroxyl groups is 1. The van der Waals surface area contributed by atoms with Crippen molar-refractivity contribution in [3.63, 3.8) is 0 Å². The van der Waals surface area contributed by atoms with Crippen LogP contribution in [0.1, 0.15) is 21.9 Å². The lowest BCUT2D eigenvalue weighted by atomic mass is 10.2. The summed E-state index contributed by atoms with van der Waals surface area (Å²) in [5, 5.41) is 13.4. The summed E-state index contributed by atoms with van der Waals surface area (Å²) in [4.78, 5) is 11.7. The summed E-state index contributed by atoms with van der Waals surface area (Å²) in [6.45, 7) is 1.76. The Morgan fingerprint density at radius 1 is 1.35 bits per heavy atom. The number of carbonyl (C=O) groups excluding carboxylic acids is 1. The first-order valence-electron chi connectivity index (χ1n) is 5.55. The smallest absolute Gasteiger partial charge is 0.307 e. The minimum Gasteiger partial charge on any atom is -0.506 e. The Bertz CT molecular complexity index is 657. The maximum Gasteiger partial charge on any atom is 0.307 e. The van der Waals surface area contributed by atoms with Crippen molar-refractivity contribution in [1.29, 1.82) is 0 Å². The van der Waals surface area contributed by atoms with Gasteiger partial charge in [-0.3, -0.25) is 4.79 Å². The van der Waals surface area contributed by atoms with Crippen LogP contribution >= 0.6 is 31.9 Å². The van der Waals surface area contributed by atoms with E-state index in [1.807, 2.05) is 0 Å². The Morgan fingerprint density at radius 3 is 2.55 bits per heavy atom. The van der Waals surface area contributed by atoms with Gasteiger partial charge in [0.2, 0.25) is 0 Å². The van der Waals surface area contributed by atoms with Crippen LogP contribution in [0.3, 0.4) is 0 Å². The van der Waals surface area contributed by atoms with Gasteiger partial charge in [-0.2, -0.15) is 5.10 Å². The maximum absolute atomic E-state index is 11.7. The lowest BCUT2D eigenvalue weighted by Crippen LogP contribution is -2.16. The van der Waals surface area contributed by atoms with Crippen LogP contribution in [0.25, 0.3) is 0 Å². The quantitative estimate of drug-likeness (QED) is 0.609. The molecule has 2 rings (SSSR count). The average Bonchev–Trinajstić information content (AvgIpc) is 2.82. The summed E-state index contributed by atoms with van der Waals surface area (Å²) in [7, 11) is 0. The first-order chi connectivity index (χ1) is 9.47. The third-order valence-corrected chi connectivity index (χ3v) is 3.59. The fourth-order valence-electron chi connectivity index (χ4n) is 1.44. The van der Waals surface area contributed by atoms with E-state index in [9.17, 15) is 9.90 Å². The molecule has 0 aliphatic heterocycles. The largest absolute Gasteiger partial charge is 0.506 e. The van der Waals surface area contributed by atoms with Crippen LogP contribution < -0.4 is 5.43 Å². The summed E-state index contributed by atoms with van der Waals surface area (Å²) in [5.41, 5.74) is 3.06. The molecule has 1 heterocycles. The van der Waals surface area contributed by atoms with Crippen LogP contribution in [-0.2, 0) is 0 Å². The fourth-order valence-corrected chi connectivity index (χ4v) is 2.66. The third kappa shape index (κ3) is 3.49. The minimum atomic E-state index is -0.425. The number of halogens is 2. The van der Waals surface area contributed by atoms with Crippen molar-refractivity contribution in [1.82, 2.24) is 5.43 Å². The first kappa shape index (κ1) is 14.8. The van der Waals surface area contributed by atoms with E-state index in [4.69, 9.17) is 4.42 Å². The fraction of sp³-hybridized carbons (Fsp3) is 0.0769. The number of hydrazone groups is 1. The zero-order valence-corrected chi connectivity index (χ0v) is 13.5. The zero-order valence-electron chi connectivity index (χ0n) is 10.4. The standard InChI is InChI=1S/C13H10Br2N2O3/c1-7-2-3-11(20-7)13(19)17-16-6-8-4-9(14)12(18)10(15)5-8/h2-6,18H,1H3,(H,17,19). The SMILES string of the molecule is Cc1ccc(C(=O)NN=Cc2cc(Br)c(O)c(Br)c2)o1. The van der Waals surface area contributed by atoms with Gasteiger partial charge in [-0.1, -0.05) is 0 Å². The average molecular weight is 402 g/mol. The van der Waals surface area contributed by atoms with Crippen molar-refractivity contribution >= 4 is 44.0 Å². The predicted octanol–water partition coefficient (Wildman–Crippen LogP) is 3.58. The lowest BCUT2D eigenvalue weighted by molar-refractivity contribution is 0.0926. The molecule has 7 heteroatoms. The highest BCUT2D eigenvalue weighted by molar-refractivity contribution is 9.11. The zero-order chi connectivity index (χ0) is 14.7. The van der Waals surface area contributed by atoms with Crippen LogP contribution in [0, 0.1) is 6.92 Å². The van der Waals surface area contributed by atoms with Gasteiger partial charge in [-0.05, 0) is 68.6 Å². The molecule has 20 heavy (non-hydrogen) atoms. The summed E-state index contributed by atoms with van der Waals surface area (Å²) >= 11 is 6.43. The Balaban J connectivity index is 2.05. The van der Waals surface area contributed by atoms with Crippen LogP contribution in [-0.4, -0.2) is 17.2 Å². The number of furan rings is 1. The van der Waals surface area contributed by atoms with Crippen LogP contribution in [0.2, 0.25) is 0 Å². The molecule has 1 amide bonds. The van der Waals surface area contributed by atoms with Gasteiger partial charge in [0.1, 0.15) is 11.5 Å². The van der Waals surface area contributed by atoms with Gasteiger partial charge in [0, 0.05) is 0 Å². The number of benzene rings is 1. The van der Waals surface area contributed by atoms with Crippen molar-refractivity contribution in [3.8, 4) is 5.75 Å². The second kappa shape index (κ2) is 6.23. The minimum absolute atomic E-state index is 0.109. The molecule has 0 aliphatic carbocycles. The molecule has 2 aromatic rings. The predicted molar refractivity (Wildman–Crippen MR) is 82.0 cm³/mol. The van der Waals surface area contributed by atoms with Crippen LogP contribution in [0.5, 0.6) is 5.75 Å². The van der Waals surface area contributed by atoms with E-state index in [1.165, 1.54) is 6.21 Å². The molecule has 0 saturated carbocycles. The number of hydrogen-bond acceptors (Lipinski definition) is 4. The van der Waals surface area contributed by atoms with E-state index in [1.54, 1.807) is 31.2 Å². The maximum atomic E-state index is 11.7. The number of phenols is 1. The number of nitrogens with zero attached hydrogens (tertiary/aromatic N) is 1. The van der Waals surface area contributed by atoms with Crippen molar-refractivity contribution in [2.24, 2.45) is 5.10 Å². The van der Waals surface area contributed by atoms with Gasteiger partial charge in [0.15, 0.2) is 5.76 Å². The van der Waals surface area contributed by atoms with E-state index in [0.717, 1.165) is 0 Å². The Labute approximate surface area is 131 Å². The van der Waals surface area contributed by atoms with E-state index >= 15 is 0 Å².